The van der Waals surface area contributed by atoms with Crippen LogP contribution in [0.25, 0.3) is 0 Å². The second-order valence-corrected chi connectivity index (χ2v) is 2.63. The Balaban J connectivity index is 3.70. The van der Waals surface area contributed by atoms with E-state index in [1.165, 1.54) is 0 Å². The summed E-state index contributed by atoms with van der Waals surface area (Å²) in [5, 5.41) is 10.2. The smallest absolute Gasteiger partial charge is 0.203 e. The maximum atomic E-state index is 8.43. The monoisotopic (exact) mass is 157 g/mol. The third-order valence-corrected chi connectivity index (χ3v) is 1.48. The van der Waals surface area contributed by atoms with Crippen LogP contribution in [-0.4, -0.2) is 12.4 Å². The zero-order chi connectivity index (χ0) is 7.82. The van der Waals surface area contributed by atoms with Crippen LogP contribution in [0.1, 0.15) is 13.8 Å². The van der Waals surface area contributed by atoms with E-state index < -0.39 is 0 Å². The average molecular weight is 157 g/mol. The van der Waals surface area contributed by atoms with Crippen molar-refractivity contribution >= 4 is 11.8 Å². The third-order valence-electron chi connectivity index (χ3n) is 0.767. The maximum Gasteiger partial charge on any atom is 0.203 e. The lowest BCUT2D eigenvalue weighted by Gasteiger charge is -1.97. The Morgan fingerprint density at radius 3 is 2.80 bits per heavy atom. The van der Waals surface area contributed by atoms with Gasteiger partial charge in [0.05, 0.1) is 6.61 Å². The van der Waals surface area contributed by atoms with Crippen molar-refractivity contribution in [2.24, 2.45) is 0 Å². The number of nitriles is 1. The fourth-order valence-electron chi connectivity index (χ4n) is 0.407. The van der Waals surface area contributed by atoms with E-state index in [1.807, 2.05) is 19.9 Å². The SMILES string of the molecule is CCO/C(C#N)=C/SCC. The molecule has 0 atom stereocenters. The van der Waals surface area contributed by atoms with Crippen LogP contribution in [0.5, 0.6) is 0 Å². The van der Waals surface area contributed by atoms with Crippen molar-refractivity contribution in [1.29, 1.82) is 5.26 Å². The summed E-state index contributed by atoms with van der Waals surface area (Å²) in [5.41, 5.74) is 0. The van der Waals surface area contributed by atoms with E-state index in [0.717, 1.165) is 5.75 Å². The molecule has 0 saturated heterocycles. The highest BCUT2D eigenvalue weighted by molar-refractivity contribution is 8.02. The highest BCUT2D eigenvalue weighted by Crippen LogP contribution is 2.06. The van der Waals surface area contributed by atoms with Gasteiger partial charge in [0.1, 0.15) is 6.07 Å². The van der Waals surface area contributed by atoms with Crippen molar-refractivity contribution in [1.82, 2.24) is 0 Å². The normalized spacial score (nSPS) is 10.7. The molecular weight excluding hydrogens is 146 g/mol. The molecule has 0 saturated carbocycles. The molecule has 0 bridgehead atoms. The first-order chi connectivity index (χ1) is 4.85. The summed E-state index contributed by atoms with van der Waals surface area (Å²) in [4.78, 5) is 0. The number of allylic oxidation sites excluding steroid dienone is 1. The summed E-state index contributed by atoms with van der Waals surface area (Å²) in [6.07, 6.45) is 0. The predicted octanol–water partition coefficient (Wildman–Crippen LogP) is 2.14. The van der Waals surface area contributed by atoms with E-state index in [0.29, 0.717) is 12.4 Å². The summed E-state index contributed by atoms with van der Waals surface area (Å²) in [6, 6.07) is 1.96. The van der Waals surface area contributed by atoms with Gasteiger partial charge < -0.3 is 4.74 Å². The predicted molar refractivity (Wildman–Crippen MR) is 43.5 cm³/mol. The first kappa shape index (κ1) is 9.38. The molecule has 3 heteroatoms. The van der Waals surface area contributed by atoms with Crippen molar-refractivity contribution in [2.45, 2.75) is 13.8 Å². The lowest BCUT2D eigenvalue weighted by Crippen LogP contribution is -1.86. The minimum Gasteiger partial charge on any atom is -0.484 e. The summed E-state index contributed by atoms with van der Waals surface area (Å²) in [5.74, 6) is 1.38. The van der Waals surface area contributed by atoms with Gasteiger partial charge in [0.25, 0.3) is 0 Å². The van der Waals surface area contributed by atoms with Crippen molar-refractivity contribution in [3.8, 4) is 6.07 Å². The minimum absolute atomic E-state index is 0.411. The summed E-state index contributed by atoms with van der Waals surface area (Å²) in [7, 11) is 0. The molecule has 0 aliphatic rings. The van der Waals surface area contributed by atoms with Crippen LogP contribution in [0, 0.1) is 11.3 Å². The molecule has 0 aromatic carbocycles. The molecule has 0 aliphatic carbocycles. The Bertz CT molecular complexity index is 148. The highest BCUT2D eigenvalue weighted by atomic mass is 32.2. The number of hydrogen-bond donors (Lipinski definition) is 0. The molecule has 56 valence electrons. The maximum absolute atomic E-state index is 8.43. The number of hydrogen-bond acceptors (Lipinski definition) is 3. The lowest BCUT2D eigenvalue weighted by molar-refractivity contribution is 0.246. The zero-order valence-corrected chi connectivity index (χ0v) is 7.07. The van der Waals surface area contributed by atoms with Crippen LogP contribution in [0.3, 0.4) is 0 Å². The topological polar surface area (TPSA) is 33.0 Å². The van der Waals surface area contributed by atoms with Crippen LogP contribution in [0.2, 0.25) is 0 Å². The molecule has 0 radical (unpaired) electrons. The quantitative estimate of drug-likeness (QED) is 0.463. The van der Waals surface area contributed by atoms with Crippen LogP contribution >= 0.6 is 11.8 Å². The van der Waals surface area contributed by atoms with E-state index in [4.69, 9.17) is 10.00 Å². The summed E-state index contributed by atoms with van der Waals surface area (Å²) in [6.45, 7) is 4.45. The molecule has 0 aliphatic heterocycles. The molecule has 0 aromatic rings. The van der Waals surface area contributed by atoms with Gasteiger partial charge in [-0.25, -0.2) is 0 Å². The standard InChI is InChI=1S/C7H11NOS/c1-3-9-7(5-8)6-10-4-2/h6H,3-4H2,1-2H3/b7-6+. The van der Waals surface area contributed by atoms with Gasteiger partial charge in [0.15, 0.2) is 0 Å². The molecule has 0 heterocycles. The van der Waals surface area contributed by atoms with Crippen LogP contribution in [0.15, 0.2) is 11.2 Å². The van der Waals surface area contributed by atoms with Gasteiger partial charge in [-0.2, -0.15) is 5.26 Å². The molecule has 2 nitrogen and oxygen atoms in total. The van der Waals surface area contributed by atoms with Gasteiger partial charge >= 0.3 is 0 Å². The molecule has 0 rings (SSSR count). The van der Waals surface area contributed by atoms with Crippen molar-refractivity contribution in [3.63, 3.8) is 0 Å². The minimum atomic E-state index is 0.411. The van der Waals surface area contributed by atoms with E-state index in [1.54, 1.807) is 17.2 Å². The molecular formula is C7H11NOS. The van der Waals surface area contributed by atoms with Crippen molar-refractivity contribution in [2.75, 3.05) is 12.4 Å². The van der Waals surface area contributed by atoms with Crippen molar-refractivity contribution in [3.05, 3.63) is 11.2 Å². The molecule has 0 unspecified atom stereocenters. The third kappa shape index (κ3) is 4.28. The largest absolute Gasteiger partial charge is 0.484 e. The van der Waals surface area contributed by atoms with Gasteiger partial charge in [-0.1, -0.05) is 6.92 Å². The second kappa shape index (κ2) is 6.50. The van der Waals surface area contributed by atoms with Crippen molar-refractivity contribution < 1.29 is 4.74 Å². The Labute approximate surface area is 65.9 Å². The second-order valence-electron chi connectivity index (χ2n) is 1.48. The van der Waals surface area contributed by atoms with Gasteiger partial charge in [0, 0.05) is 5.41 Å². The average Bonchev–Trinajstić information content (AvgIpc) is 1.98. The Kier molecular flexibility index (Phi) is 6.10. The molecule has 0 fully saturated rings. The Morgan fingerprint density at radius 1 is 1.70 bits per heavy atom. The van der Waals surface area contributed by atoms with Crippen LogP contribution in [0.4, 0.5) is 0 Å². The molecule has 0 N–H and O–H groups in total. The molecule has 0 spiro atoms. The number of thioether (sulfide) groups is 1. The van der Waals surface area contributed by atoms with E-state index >= 15 is 0 Å². The van der Waals surface area contributed by atoms with Gasteiger partial charge in [-0.15, -0.1) is 11.8 Å². The van der Waals surface area contributed by atoms with Gasteiger partial charge in [0.2, 0.25) is 5.76 Å². The molecule has 0 aromatic heterocycles. The number of nitrogens with zero attached hydrogens (tertiary/aromatic N) is 1. The van der Waals surface area contributed by atoms with Crippen LogP contribution in [-0.2, 0) is 4.74 Å². The summed E-state index contributed by atoms with van der Waals surface area (Å²) >= 11 is 1.57. The number of ether oxygens (including phenoxy) is 1. The fraction of sp³-hybridized carbons (Fsp3) is 0.571. The fourth-order valence-corrected chi connectivity index (χ4v) is 0.846. The summed E-state index contributed by atoms with van der Waals surface area (Å²) < 4.78 is 4.97. The van der Waals surface area contributed by atoms with Gasteiger partial charge in [-0.05, 0) is 12.7 Å². The number of rotatable bonds is 4. The Hall–Kier alpha value is -0.620. The zero-order valence-electron chi connectivity index (χ0n) is 6.26. The molecule has 10 heavy (non-hydrogen) atoms. The molecule has 0 amide bonds. The van der Waals surface area contributed by atoms with E-state index in [-0.39, 0.29) is 0 Å². The highest BCUT2D eigenvalue weighted by Gasteiger charge is 1.90. The Morgan fingerprint density at radius 2 is 2.40 bits per heavy atom. The first-order valence-corrected chi connectivity index (χ1v) is 4.24. The first-order valence-electron chi connectivity index (χ1n) is 3.19. The van der Waals surface area contributed by atoms with E-state index in [9.17, 15) is 0 Å². The van der Waals surface area contributed by atoms with Gasteiger partial charge in [-0.3, -0.25) is 0 Å². The van der Waals surface area contributed by atoms with Crippen LogP contribution < -0.4 is 0 Å². The lowest BCUT2D eigenvalue weighted by atomic mass is 10.6. The van der Waals surface area contributed by atoms with E-state index in [2.05, 4.69) is 0 Å².